The van der Waals surface area contributed by atoms with Crippen molar-refractivity contribution in [3.8, 4) is 0 Å². The number of H-pyrrole nitrogens is 1. The number of aromatic amines is 1. The molecule has 2 saturated heterocycles. The zero-order chi connectivity index (χ0) is 15.1. The molecule has 0 saturated carbocycles. The van der Waals surface area contributed by atoms with E-state index in [1.54, 1.807) is 0 Å². The number of aromatic nitrogens is 2. The van der Waals surface area contributed by atoms with E-state index in [0.29, 0.717) is 29.7 Å². The highest BCUT2D eigenvalue weighted by Crippen LogP contribution is 2.31. The monoisotopic (exact) mass is 390 g/mol. The Kier molecular flexibility index (Phi) is 5.56. The molecule has 0 aliphatic carbocycles. The number of piperidine rings is 1. The number of amides is 1. The van der Waals surface area contributed by atoms with E-state index in [9.17, 15) is 4.79 Å². The molecule has 1 aromatic heterocycles. The fourth-order valence-corrected chi connectivity index (χ4v) is 4.35. The summed E-state index contributed by atoms with van der Waals surface area (Å²) in [5.41, 5.74) is 1.49. The molecule has 2 unspecified atom stereocenters. The van der Waals surface area contributed by atoms with Gasteiger partial charge in [-0.15, -0.1) is 12.4 Å². The van der Waals surface area contributed by atoms with Crippen LogP contribution in [0.25, 0.3) is 0 Å². The quantitative estimate of drug-likeness (QED) is 0.832. The topological polar surface area (TPSA) is 61.0 Å². The lowest BCUT2D eigenvalue weighted by Crippen LogP contribution is -2.48. The lowest BCUT2D eigenvalue weighted by atomic mass is 9.98. The summed E-state index contributed by atoms with van der Waals surface area (Å²) in [5.74, 6) is 0.324. The van der Waals surface area contributed by atoms with Crippen molar-refractivity contribution in [3.63, 3.8) is 0 Å². The maximum atomic E-state index is 12.7. The van der Waals surface area contributed by atoms with Crippen LogP contribution in [0.5, 0.6) is 0 Å². The third-order valence-corrected chi connectivity index (χ3v) is 5.63. The van der Waals surface area contributed by atoms with Gasteiger partial charge in [-0.05, 0) is 47.5 Å². The van der Waals surface area contributed by atoms with Gasteiger partial charge in [0.2, 0.25) is 0 Å². The maximum Gasteiger partial charge on any atom is 0.275 e. The summed E-state index contributed by atoms with van der Waals surface area (Å²) in [6, 6.07) is 1.48. The van der Waals surface area contributed by atoms with E-state index in [2.05, 4.69) is 45.3 Å². The summed E-state index contributed by atoms with van der Waals surface area (Å²) in [5, 5.41) is 10.8. The van der Waals surface area contributed by atoms with Crippen molar-refractivity contribution < 1.29 is 4.79 Å². The van der Waals surface area contributed by atoms with Gasteiger partial charge < -0.3 is 10.2 Å². The number of hydrogen-bond donors (Lipinski definition) is 2. The summed E-state index contributed by atoms with van der Waals surface area (Å²) in [7, 11) is 1.91. The summed E-state index contributed by atoms with van der Waals surface area (Å²) >= 11 is 3.53. The first kappa shape index (κ1) is 17.8. The van der Waals surface area contributed by atoms with Gasteiger partial charge >= 0.3 is 0 Å². The lowest BCUT2D eigenvalue weighted by molar-refractivity contribution is 0.0675. The Balaban J connectivity index is 0.00000176. The van der Waals surface area contributed by atoms with Gasteiger partial charge in [-0.1, -0.05) is 13.8 Å². The average Bonchev–Trinajstić information content (AvgIpc) is 3.00. The van der Waals surface area contributed by atoms with E-state index in [1.807, 2.05) is 11.9 Å². The van der Waals surface area contributed by atoms with Crippen molar-refractivity contribution in [1.29, 1.82) is 0 Å². The van der Waals surface area contributed by atoms with Crippen molar-refractivity contribution >= 4 is 34.2 Å². The molecule has 2 bridgehead atoms. The van der Waals surface area contributed by atoms with Crippen molar-refractivity contribution in [1.82, 2.24) is 20.4 Å². The van der Waals surface area contributed by atoms with Gasteiger partial charge in [0.15, 0.2) is 5.69 Å². The van der Waals surface area contributed by atoms with Crippen LogP contribution in [0.15, 0.2) is 4.47 Å². The second-order valence-corrected chi connectivity index (χ2v) is 7.43. The first-order chi connectivity index (χ1) is 9.97. The van der Waals surface area contributed by atoms with Crippen LogP contribution in [0, 0.1) is 0 Å². The highest BCUT2D eigenvalue weighted by Gasteiger charge is 2.37. The number of nitrogens with zero attached hydrogens (tertiary/aromatic N) is 2. The molecule has 3 heterocycles. The number of hydrogen-bond acceptors (Lipinski definition) is 3. The summed E-state index contributed by atoms with van der Waals surface area (Å²) in [6.07, 6.45) is 4.59. The van der Waals surface area contributed by atoms with Crippen LogP contribution < -0.4 is 5.32 Å². The Bertz CT molecular complexity index is 536. The minimum absolute atomic E-state index is 0. The van der Waals surface area contributed by atoms with Gasteiger partial charge in [0.1, 0.15) is 0 Å². The summed E-state index contributed by atoms with van der Waals surface area (Å²) < 4.78 is 0.811. The second kappa shape index (κ2) is 6.89. The van der Waals surface area contributed by atoms with Crippen LogP contribution in [0.1, 0.15) is 61.6 Å². The maximum absolute atomic E-state index is 12.7. The third-order valence-electron chi connectivity index (χ3n) is 4.83. The number of rotatable bonds is 3. The number of nitrogens with one attached hydrogen (secondary N) is 2. The van der Waals surface area contributed by atoms with E-state index in [0.717, 1.165) is 23.0 Å². The number of carbonyl (C=O) groups is 1. The standard InChI is InChI=1S/C15H23BrN4O.ClH/c1-8(2)13-12(16)14(19-18-13)15(21)20(3)11-6-9-4-5-10(7-11)17-9;/h8-11,17H,4-7H2,1-3H3,(H,18,19);1H. The molecular formula is C15H24BrClN4O. The molecule has 1 amide bonds. The summed E-state index contributed by atoms with van der Waals surface area (Å²) in [4.78, 5) is 14.6. The minimum Gasteiger partial charge on any atom is -0.337 e. The molecule has 22 heavy (non-hydrogen) atoms. The van der Waals surface area contributed by atoms with Gasteiger partial charge in [0.05, 0.1) is 10.2 Å². The van der Waals surface area contributed by atoms with E-state index < -0.39 is 0 Å². The van der Waals surface area contributed by atoms with E-state index in [4.69, 9.17) is 0 Å². The Morgan fingerprint density at radius 2 is 1.91 bits per heavy atom. The molecule has 2 N–H and O–H groups in total. The van der Waals surface area contributed by atoms with Crippen LogP contribution in [0.2, 0.25) is 0 Å². The molecule has 0 radical (unpaired) electrons. The molecule has 2 atom stereocenters. The number of carbonyl (C=O) groups excluding carboxylic acids is 1. The van der Waals surface area contributed by atoms with E-state index in [1.165, 1.54) is 12.8 Å². The smallest absolute Gasteiger partial charge is 0.275 e. The van der Waals surface area contributed by atoms with Crippen molar-refractivity contribution in [2.75, 3.05) is 7.05 Å². The van der Waals surface area contributed by atoms with Crippen molar-refractivity contribution in [3.05, 3.63) is 15.9 Å². The minimum atomic E-state index is 0. The molecule has 2 fully saturated rings. The first-order valence-electron chi connectivity index (χ1n) is 7.74. The number of halogens is 2. The van der Waals surface area contributed by atoms with Crippen LogP contribution >= 0.6 is 28.3 Å². The predicted molar refractivity (Wildman–Crippen MR) is 92.7 cm³/mol. The molecule has 0 spiro atoms. The molecule has 0 aromatic carbocycles. The Morgan fingerprint density at radius 3 is 2.41 bits per heavy atom. The van der Waals surface area contributed by atoms with Crippen LogP contribution in [-0.2, 0) is 0 Å². The van der Waals surface area contributed by atoms with Crippen LogP contribution in [0.4, 0.5) is 0 Å². The van der Waals surface area contributed by atoms with Gasteiger partial charge in [0, 0.05) is 25.2 Å². The van der Waals surface area contributed by atoms with Gasteiger partial charge in [-0.3, -0.25) is 9.89 Å². The van der Waals surface area contributed by atoms with Gasteiger partial charge in [-0.2, -0.15) is 5.10 Å². The van der Waals surface area contributed by atoms with Gasteiger partial charge in [-0.25, -0.2) is 0 Å². The van der Waals surface area contributed by atoms with Crippen molar-refractivity contribution in [2.24, 2.45) is 0 Å². The molecule has 5 nitrogen and oxygen atoms in total. The highest BCUT2D eigenvalue weighted by atomic mass is 79.9. The molecule has 7 heteroatoms. The second-order valence-electron chi connectivity index (χ2n) is 6.63. The predicted octanol–water partition coefficient (Wildman–Crippen LogP) is 3.07. The Labute approximate surface area is 146 Å². The Hall–Kier alpha value is -0.590. The van der Waals surface area contributed by atoms with E-state index >= 15 is 0 Å². The summed E-state index contributed by atoms with van der Waals surface area (Å²) in [6.45, 7) is 4.17. The van der Waals surface area contributed by atoms with Crippen molar-refractivity contribution in [2.45, 2.75) is 63.6 Å². The van der Waals surface area contributed by atoms with E-state index in [-0.39, 0.29) is 18.3 Å². The molecule has 2 aliphatic rings. The fourth-order valence-electron chi connectivity index (χ4n) is 3.54. The number of fused-ring (bicyclic) bond motifs is 2. The SMILES string of the molecule is CC(C)c1[nH]nc(C(=O)N(C)C2CC3CCC(C2)N3)c1Br.Cl. The van der Waals surface area contributed by atoms with Crippen LogP contribution in [0.3, 0.4) is 0 Å². The fraction of sp³-hybridized carbons (Fsp3) is 0.733. The first-order valence-corrected chi connectivity index (χ1v) is 8.53. The highest BCUT2D eigenvalue weighted by molar-refractivity contribution is 9.10. The Morgan fingerprint density at radius 1 is 1.32 bits per heavy atom. The largest absolute Gasteiger partial charge is 0.337 e. The molecule has 124 valence electrons. The zero-order valence-electron chi connectivity index (χ0n) is 13.2. The molecule has 3 rings (SSSR count). The zero-order valence-corrected chi connectivity index (χ0v) is 15.6. The molecule has 2 aliphatic heterocycles. The average molecular weight is 392 g/mol. The third kappa shape index (κ3) is 3.19. The molecule has 1 aromatic rings. The van der Waals surface area contributed by atoms with Crippen LogP contribution in [-0.4, -0.2) is 46.2 Å². The van der Waals surface area contributed by atoms with Gasteiger partial charge in [0.25, 0.3) is 5.91 Å². The molecular weight excluding hydrogens is 368 g/mol. The lowest BCUT2D eigenvalue weighted by Gasteiger charge is -2.35. The normalized spacial score (nSPS) is 26.9.